The van der Waals surface area contributed by atoms with E-state index in [0.717, 1.165) is 24.2 Å². The number of carbonyl (C=O) groups is 3. The van der Waals surface area contributed by atoms with Crippen LogP contribution in [0.1, 0.15) is 71.1 Å². The van der Waals surface area contributed by atoms with Gasteiger partial charge in [-0.05, 0) is 60.9 Å². The third kappa shape index (κ3) is 4.04. The van der Waals surface area contributed by atoms with Gasteiger partial charge in [-0.2, -0.15) is 0 Å². The first kappa shape index (κ1) is 22.8. The molecule has 0 saturated heterocycles. The highest BCUT2D eigenvalue weighted by molar-refractivity contribution is 6.46. The van der Waals surface area contributed by atoms with Crippen LogP contribution in [0.2, 0.25) is 10.0 Å². The number of hydrogen-bond donors (Lipinski definition) is 0. The molecule has 0 unspecified atom stereocenters. The first-order valence-electron chi connectivity index (χ1n) is 10.9. The Morgan fingerprint density at radius 3 is 2.50 bits per heavy atom. The van der Waals surface area contributed by atoms with Crippen molar-refractivity contribution in [1.82, 2.24) is 0 Å². The van der Waals surface area contributed by atoms with Gasteiger partial charge in [0.15, 0.2) is 0 Å². The number of imide groups is 1. The lowest BCUT2D eigenvalue weighted by Crippen LogP contribution is -2.35. The molecule has 1 aliphatic heterocycles. The maximum Gasteiger partial charge on any atom is 0.338 e. The molecular formula is C25H25Cl2NO4. The van der Waals surface area contributed by atoms with Crippen LogP contribution in [0.4, 0.5) is 5.69 Å². The number of halogens is 2. The summed E-state index contributed by atoms with van der Waals surface area (Å²) in [5.74, 6) is -0.302. The van der Waals surface area contributed by atoms with E-state index in [0.29, 0.717) is 17.8 Å². The highest BCUT2D eigenvalue weighted by Crippen LogP contribution is 2.38. The number of esters is 1. The molecule has 32 heavy (non-hydrogen) atoms. The molecule has 5 nitrogen and oxygen atoms in total. The topological polar surface area (TPSA) is 63.7 Å². The van der Waals surface area contributed by atoms with E-state index in [2.05, 4.69) is 20.8 Å². The molecule has 7 heteroatoms. The molecule has 1 fully saturated rings. The Morgan fingerprint density at radius 2 is 1.78 bits per heavy atom. The molecule has 2 aliphatic rings. The van der Waals surface area contributed by atoms with Gasteiger partial charge in [0.1, 0.15) is 6.10 Å². The second kappa shape index (κ2) is 8.87. The summed E-state index contributed by atoms with van der Waals surface area (Å²) < 4.78 is 5.90. The standard InChI is InChI=1S/C25H25Cl2NO4/c1-13(2)16-9-7-14(3)11-21(16)32-25(31)15-8-10-17-18(12-15)24(30)28(23(17)29)20-6-4-5-19(26)22(20)27/h4-6,8,10,12-14,16,21H,7,9,11H2,1-3H3/t14-,16+,21-/m1/s1. The van der Waals surface area contributed by atoms with E-state index in [-0.39, 0.29) is 38.5 Å². The molecule has 168 valence electrons. The molecule has 2 amide bonds. The second-order valence-electron chi connectivity index (χ2n) is 9.05. The number of benzene rings is 2. The molecule has 2 aromatic rings. The molecule has 1 saturated carbocycles. The Labute approximate surface area is 197 Å². The zero-order chi connectivity index (χ0) is 23.2. The molecule has 1 aliphatic carbocycles. The van der Waals surface area contributed by atoms with Gasteiger partial charge in [-0.1, -0.05) is 56.5 Å². The van der Waals surface area contributed by atoms with Gasteiger partial charge in [0, 0.05) is 0 Å². The summed E-state index contributed by atoms with van der Waals surface area (Å²) in [6, 6.07) is 9.22. The van der Waals surface area contributed by atoms with E-state index in [4.69, 9.17) is 27.9 Å². The SMILES string of the molecule is CC(C)[C@@H]1CC[C@@H](C)C[C@H]1OC(=O)c1ccc2c(c1)C(=O)N(c1cccc(Cl)c1Cl)C2=O. The van der Waals surface area contributed by atoms with Gasteiger partial charge in [0.25, 0.3) is 11.8 Å². The summed E-state index contributed by atoms with van der Waals surface area (Å²) in [6.07, 6.45) is 2.84. The highest BCUT2D eigenvalue weighted by atomic mass is 35.5. The first-order valence-corrected chi connectivity index (χ1v) is 11.6. The molecule has 3 atom stereocenters. The number of amides is 2. The third-order valence-electron chi connectivity index (χ3n) is 6.51. The zero-order valence-electron chi connectivity index (χ0n) is 18.2. The van der Waals surface area contributed by atoms with Crippen molar-refractivity contribution in [3.63, 3.8) is 0 Å². The number of ether oxygens (including phenoxy) is 1. The molecule has 2 aromatic carbocycles. The van der Waals surface area contributed by atoms with Crippen molar-refractivity contribution in [3.8, 4) is 0 Å². The highest BCUT2D eigenvalue weighted by Gasteiger charge is 2.39. The summed E-state index contributed by atoms with van der Waals surface area (Å²) in [4.78, 5) is 39.9. The minimum Gasteiger partial charge on any atom is -0.458 e. The average molecular weight is 474 g/mol. The lowest BCUT2D eigenvalue weighted by atomic mass is 9.75. The molecule has 4 rings (SSSR count). The maximum atomic E-state index is 13.1. The van der Waals surface area contributed by atoms with Crippen molar-refractivity contribution in [3.05, 3.63) is 63.1 Å². The van der Waals surface area contributed by atoms with Crippen molar-refractivity contribution in [1.29, 1.82) is 0 Å². The van der Waals surface area contributed by atoms with Crippen molar-refractivity contribution >= 4 is 46.7 Å². The first-order chi connectivity index (χ1) is 15.2. The van der Waals surface area contributed by atoms with E-state index in [9.17, 15) is 14.4 Å². The van der Waals surface area contributed by atoms with E-state index < -0.39 is 17.8 Å². The fourth-order valence-corrected chi connectivity index (χ4v) is 5.09. The predicted octanol–water partition coefficient (Wildman–Crippen LogP) is 6.41. The Balaban J connectivity index is 1.60. The maximum absolute atomic E-state index is 13.1. The van der Waals surface area contributed by atoms with Crippen LogP contribution in [0.5, 0.6) is 0 Å². The van der Waals surface area contributed by atoms with Crippen LogP contribution in [0.25, 0.3) is 0 Å². The summed E-state index contributed by atoms with van der Waals surface area (Å²) in [6.45, 7) is 6.47. The van der Waals surface area contributed by atoms with Crippen molar-refractivity contribution in [2.45, 2.75) is 46.1 Å². The lowest BCUT2D eigenvalue weighted by Gasteiger charge is -2.36. The van der Waals surface area contributed by atoms with Crippen LogP contribution in [-0.4, -0.2) is 23.9 Å². The normalized spacial score (nSPS) is 22.9. The van der Waals surface area contributed by atoms with Crippen molar-refractivity contribution in [2.75, 3.05) is 4.90 Å². The number of nitrogens with zero attached hydrogens (tertiary/aromatic N) is 1. The van der Waals surface area contributed by atoms with Crippen LogP contribution in [-0.2, 0) is 4.74 Å². The number of fused-ring (bicyclic) bond motifs is 1. The van der Waals surface area contributed by atoms with Crippen molar-refractivity contribution < 1.29 is 19.1 Å². The summed E-state index contributed by atoms with van der Waals surface area (Å²) >= 11 is 12.3. The monoisotopic (exact) mass is 473 g/mol. The number of carbonyl (C=O) groups excluding carboxylic acids is 3. The predicted molar refractivity (Wildman–Crippen MR) is 125 cm³/mol. The number of hydrogen-bond acceptors (Lipinski definition) is 4. The van der Waals surface area contributed by atoms with Gasteiger partial charge in [-0.25, -0.2) is 9.69 Å². The third-order valence-corrected chi connectivity index (χ3v) is 7.32. The number of anilines is 1. The van der Waals surface area contributed by atoms with Gasteiger partial charge in [-0.15, -0.1) is 0 Å². The molecule has 0 aromatic heterocycles. The second-order valence-corrected chi connectivity index (χ2v) is 9.83. The minimum atomic E-state index is -0.546. The molecule has 0 bridgehead atoms. The van der Waals surface area contributed by atoms with E-state index in [1.165, 1.54) is 18.2 Å². The molecule has 1 heterocycles. The smallest absolute Gasteiger partial charge is 0.338 e. The van der Waals surface area contributed by atoms with E-state index in [1.54, 1.807) is 18.2 Å². The van der Waals surface area contributed by atoms with Crippen LogP contribution >= 0.6 is 23.2 Å². The summed E-state index contributed by atoms with van der Waals surface area (Å²) in [5.41, 5.74) is 0.835. The lowest BCUT2D eigenvalue weighted by molar-refractivity contribution is -0.0174. The number of rotatable bonds is 4. The largest absolute Gasteiger partial charge is 0.458 e. The fraction of sp³-hybridized carbons (Fsp3) is 0.400. The molecular weight excluding hydrogens is 449 g/mol. The van der Waals surface area contributed by atoms with Gasteiger partial charge in [0.05, 0.1) is 32.4 Å². The van der Waals surface area contributed by atoms with Gasteiger partial charge < -0.3 is 4.74 Å². The molecule has 0 radical (unpaired) electrons. The minimum absolute atomic E-state index is 0.120. The zero-order valence-corrected chi connectivity index (χ0v) is 19.7. The van der Waals surface area contributed by atoms with Crippen LogP contribution in [0.3, 0.4) is 0 Å². The fourth-order valence-electron chi connectivity index (χ4n) is 4.71. The molecule has 0 spiro atoms. The van der Waals surface area contributed by atoms with Crippen molar-refractivity contribution in [2.24, 2.45) is 17.8 Å². The van der Waals surface area contributed by atoms with Gasteiger partial charge in [-0.3, -0.25) is 9.59 Å². The summed E-state index contributed by atoms with van der Waals surface area (Å²) in [5, 5.41) is 0.362. The Hall–Kier alpha value is -2.37. The van der Waals surface area contributed by atoms with Gasteiger partial charge in [0.2, 0.25) is 0 Å². The van der Waals surface area contributed by atoms with E-state index >= 15 is 0 Å². The van der Waals surface area contributed by atoms with Gasteiger partial charge >= 0.3 is 5.97 Å². The summed E-state index contributed by atoms with van der Waals surface area (Å²) in [7, 11) is 0. The van der Waals surface area contributed by atoms with E-state index in [1.807, 2.05) is 0 Å². The van der Waals surface area contributed by atoms with Crippen LogP contribution < -0.4 is 4.90 Å². The Morgan fingerprint density at radius 1 is 1.06 bits per heavy atom. The molecule has 0 N–H and O–H groups in total. The quantitative estimate of drug-likeness (QED) is 0.379. The Bertz CT molecular complexity index is 1100. The van der Waals surface area contributed by atoms with Crippen LogP contribution in [0.15, 0.2) is 36.4 Å². The van der Waals surface area contributed by atoms with Crippen LogP contribution in [0, 0.1) is 17.8 Å². The Kier molecular flexibility index (Phi) is 6.33. The average Bonchev–Trinajstić information content (AvgIpc) is 3.00.